The van der Waals surface area contributed by atoms with Crippen LogP contribution in [0, 0.1) is 0 Å². The Bertz CT molecular complexity index is 534. The maximum atomic E-state index is 12.4. The quantitative estimate of drug-likeness (QED) is 0.744. The predicted molar refractivity (Wildman–Crippen MR) is 66.9 cm³/mol. The lowest BCUT2D eigenvalue weighted by Crippen LogP contribution is -1.93. The SMILES string of the molecule is O=C(Cl)c1ccccc1-c1ccc(CF)cc1. The Kier molecular flexibility index (Phi) is 3.55. The Morgan fingerprint density at radius 3 is 2.29 bits per heavy atom. The summed E-state index contributed by atoms with van der Waals surface area (Å²) in [4.78, 5) is 11.3. The number of carbonyl (C=O) groups is 1. The second-order valence-corrected chi connectivity index (χ2v) is 3.99. The summed E-state index contributed by atoms with van der Waals surface area (Å²) in [5.41, 5.74) is 2.69. The minimum atomic E-state index is -0.491. The highest BCUT2D eigenvalue weighted by atomic mass is 35.5. The van der Waals surface area contributed by atoms with Gasteiger partial charge in [0.1, 0.15) is 6.67 Å². The van der Waals surface area contributed by atoms with Crippen molar-refractivity contribution in [2.75, 3.05) is 0 Å². The molecule has 0 aliphatic heterocycles. The van der Waals surface area contributed by atoms with Crippen molar-refractivity contribution in [3.8, 4) is 11.1 Å². The second-order valence-electron chi connectivity index (χ2n) is 3.65. The minimum Gasteiger partial charge on any atom is -0.276 e. The van der Waals surface area contributed by atoms with Crippen molar-refractivity contribution in [1.29, 1.82) is 0 Å². The van der Waals surface area contributed by atoms with Crippen LogP contribution in [-0.4, -0.2) is 5.24 Å². The summed E-state index contributed by atoms with van der Waals surface area (Å²) in [6.07, 6.45) is 0. The standard InChI is InChI=1S/C14H10ClFO/c15-14(17)13-4-2-1-3-12(13)11-7-5-10(9-16)6-8-11/h1-8H,9H2. The van der Waals surface area contributed by atoms with Crippen molar-refractivity contribution in [3.05, 3.63) is 59.7 Å². The van der Waals surface area contributed by atoms with E-state index < -0.39 is 11.9 Å². The number of hydrogen-bond acceptors (Lipinski definition) is 1. The number of benzene rings is 2. The molecule has 0 saturated carbocycles. The van der Waals surface area contributed by atoms with E-state index in [-0.39, 0.29) is 0 Å². The lowest BCUT2D eigenvalue weighted by atomic mass is 9.99. The Balaban J connectivity index is 2.48. The van der Waals surface area contributed by atoms with Crippen LogP contribution in [0.3, 0.4) is 0 Å². The number of rotatable bonds is 3. The van der Waals surface area contributed by atoms with Crippen molar-refractivity contribution in [1.82, 2.24) is 0 Å². The molecule has 2 aromatic carbocycles. The van der Waals surface area contributed by atoms with E-state index in [1.54, 1.807) is 36.4 Å². The summed E-state index contributed by atoms with van der Waals surface area (Å²) >= 11 is 5.52. The van der Waals surface area contributed by atoms with E-state index in [4.69, 9.17) is 11.6 Å². The first-order valence-electron chi connectivity index (χ1n) is 5.16. The Hall–Kier alpha value is -1.67. The molecule has 0 radical (unpaired) electrons. The van der Waals surface area contributed by atoms with Gasteiger partial charge in [0.2, 0.25) is 0 Å². The Morgan fingerprint density at radius 2 is 1.71 bits per heavy atom. The van der Waals surface area contributed by atoms with E-state index in [9.17, 15) is 9.18 Å². The molecule has 0 fully saturated rings. The van der Waals surface area contributed by atoms with E-state index in [1.165, 1.54) is 0 Å². The van der Waals surface area contributed by atoms with Gasteiger partial charge in [0.05, 0.1) is 0 Å². The molecule has 0 heterocycles. The zero-order valence-corrected chi connectivity index (χ0v) is 9.75. The van der Waals surface area contributed by atoms with Gasteiger partial charge in [-0.25, -0.2) is 4.39 Å². The van der Waals surface area contributed by atoms with Crippen LogP contribution in [0.15, 0.2) is 48.5 Å². The molecule has 0 bridgehead atoms. The third-order valence-electron chi connectivity index (χ3n) is 2.56. The summed E-state index contributed by atoms with van der Waals surface area (Å²) in [7, 11) is 0. The van der Waals surface area contributed by atoms with E-state index in [2.05, 4.69) is 0 Å². The van der Waals surface area contributed by atoms with Gasteiger partial charge in [-0.05, 0) is 34.4 Å². The van der Waals surface area contributed by atoms with Gasteiger partial charge in [0.25, 0.3) is 5.24 Å². The van der Waals surface area contributed by atoms with Crippen LogP contribution in [0.1, 0.15) is 15.9 Å². The molecule has 0 atom stereocenters. The monoisotopic (exact) mass is 248 g/mol. The van der Waals surface area contributed by atoms with E-state index in [0.717, 1.165) is 11.1 Å². The van der Waals surface area contributed by atoms with Crippen molar-refractivity contribution in [3.63, 3.8) is 0 Å². The third-order valence-corrected chi connectivity index (χ3v) is 2.76. The van der Waals surface area contributed by atoms with Crippen molar-refractivity contribution < 1.29 is 9.18 Å². The lowest BCUT2D eigenvalue weighted by Gasteiger charge is -2.06. The first-order valence-corrected chi connectivity index (χ1v) is 5.54. The normalized spacial score (nSPS) is 10.2. The Morgan fingerprint density at radius 1 is 1.06 bits per heavy atom. The molecule has 0 N–H and O–H groups in total. The summed E-state index contributed by atoms with van der Waals surface area (Å²) in [6.45, 7) is -0.490. The third kappa shape index (κ3) is 2.53. The van der Waals surface area contributed by atoms with Gasteiger partial charge < -0.3 is 0 Å². The summed E-state index contributed by atoms with van der Waals surface area (Å²) in [5, 5.41) is -0.491. The van der Waals surface area contributed by atoms with E-state index in [0.29, 0.717) is 11.1 Å². The number of halogens is 2. The van der Waals surface area contributed by atoms with Gasteiger partial charge in [-0.2, -0.15) is 0 Å². The first-order chi connectivity index (χ1) is 8.22. The fraction of sp³-hybridized carbons (Fsp3) is 0.0714. The number of carbonyl (C=O) groups excluding carboxylic acids is 1. The fourth-order valence-electron chi connectivity index (χ4n) is 1.68. The highest BCUT2D eigenvalue weighted by Gasteiger charge is 2.09. The zero-order valence-electron chi connectivity index (χ0n) is 8.99. The van der Waals surface area contributed by atoms with Crippen molar-refractivity contribution >= 4 is 16.8 Å². The number of alkyl halides is 1. The lowest BCUT2D eigenvalue weighted by molar-refractivity contribution is 0.108. The second kappa shape index (κ2) is 5.11. The molecule has 17 heavy (non-hydrogen) atoms. The minimum absolute atomic E-state index is 0.460. The van der Waals surface area contributed by atoms with Gasteiger partial charge in [-0.1, -0.05) is 42.5 Å². The molecule has 0 unspecified atom stereocenters. The molecule has 0 saturated heterocycles. The maximum absolute atomic E-state index is 12.4. The largest absolute Gasteiger partial charge is 0.276 e. The van der Waals surface area contributed by atoms with Gasteiger partial charge in [-0.3, -0.25) is 4.79 Å². The van der Waals surface area contributed by atoms with Crippen molar-refractivity contribution in [2.45, 2.75) is 6.67 Å². The molecule has 2 aromatic rings. The molecule has 1 nitrogen and oxygen atoms in total. The van der Waals surface area contributed by atoms with Crippen LogP contribution in [0.2, 0.25) is 0 Å². The molecule has 0 aliphatic rings. The average molecular weight is 249 g/mol. The molecule has 0 aromatic heterocycles. The number of hydrogen-bond donors (Lipinski definition) is 0. The highest BCUT2D eigenvalue weighted by molar-refractivity contribution is 6.68. The molecule has 2 rings (SSSR count). The predicted octanol–water partition coefficient (Wildman–Crippen LogP) is 4.20. The highest BCUT2D eigenvalue weighted by Crippen LogP contribution is 2.25. The molecule has 3 heteroatoms. The first kappa shape index (κ1) is 11.8. The molecular formula is C14H10ClFO. The average Bonchev–Trinajstić information content (AvgIpc) is 2.39. The van der Waals surface area contributed by atoms with Crippen LogP contribution in [0.4, 0.5) is 4.39 Å². The summed E-state index contributed by atoms with van der Waals surface area (Å²) in [6, 6.07) is 14.1. The van der Waals surface area contributed by atoms with Gasteiger partial charge in [-0.15, -0.1) is 0 Å². The molecule has 0 spiro atoms. The molecular weight excluding hydrogens is 239 g/mol. The van der Waals surface area contributed by atoms with E-state index in [1.807, 2.05) is 12.1 Å². The summed E-state index contributed by atoms with van der Waals surface area (Å²) in [5.74, 6) is 0. The van der Waals surface area contributed by atoms with Crippen molar-refractivity contribution in [2.24, 2.45) is 0 Å². The smallest absolute Gasteiger partial charge is 0.253 e. The van der Waals surface area contributed by atoms with E-state index >= 15 is 0 Å². The van der Waals surface area contributed by atoms with Crippen LogP contribution in [0.5, 0.6) is 0 Å². The molecule has 0 amide bonds. The van der Waals surface area contributed by atoms with Gasteiger partial charge in [0.15, 0.2) is 0 Å². The van der Waals surface area contributed by atoms with Crippen LogP contribution in [0.25, 0.3) is 11.1 Å². The molecule has 86 valence electrons. The van der Waals surface area contributed by atoms with Crippen LogP contribution in [-0.2, 0) is 6.67 Å². The topological polar surface area (TPSA) is 17.1 Å². The maximum Gasteiger partial charge on any atom is 0.253 e. The Labute approximate surface area is 104 Å². The van der Waals surface area contributed by atoms with Crippen LogP contribution >= 0.6 is 11.6 Å². The van der Waals surface area contributed by atoms with Crippen LogP contribution < -0.4 is 0 Å². The summed E-state index contributed by atoms with van der Waals surface area (Å²) < 4.78 is 12.4. The fourth-order valence-corrected chi connectivity index (χ4v) is 1.84. The van der Waals surface area contributed by atoms with Gasteiger partial charge in [0, 0.05) is 5.56 Å². The zero-order chi connectivity index (χ0) is 12.3. The molecule has 0 aliphatic carbocycles. The van der Waals surface area contributed by atoms with Gasteiger partial charge >= 0.3 is 0 Å².